The van der Waals surface area contributed by atoms with Crippen molar-refractivity contribution in [1.82, 2.24) is 14.7 Å². The van der Waals surface area contributed by atoms with Gasteiger partial charge in [0.25, 0.3) is 5.91 Å². The minimum Gasteiger partial charge on any atom is -0.385 e. The Bertz CT molecular complexity index is 563. The molecule has 0 aromatic carbocycles. The third-order valence-corrected chi connectivity index (χ3v) is 2.96. The zero-order valence-corrected chi connectivity index (χ0v) is 11.3. The molecule has 2 aromatic rings. The Balaban J connectivity index is 2.20. The molecule has 19 heavy (non-hydrogen) atoms. The fourth-order valence-electron chi connectivity index (χ4n) is 2.03. The number of pyridine rings is 1. The van der Waals surface area contributed by atoms with Crippen molar-refractivity contribution in [2.45, 2.75) is 19.8 Å². The summed E-state index contributed by atoms with van der Waals surface area (Å²) >= 11 is 0. The van der Waals surface area contributed by atoms with E-state index < -0.39 is 0 Å². The molecule has 0 saturated carbocycles. The quantitative estimate of drug-likeness (QED) is 0.805. The van der Waals surface area contributed by atoms with Crippen molar-refractivity contribution in [3.63, 3.8) is 0 Å². The molecule has 1 N–H and O–H groups in total. The molecule has 0 atom stereocenters. The maximum absolute atomic E-state index is 12.2. The molecule has 5 nitrogen and oxygen atoms in total. The van der Waals surface area contributed by atoms with Crippen molar-refractivity contribution < 1.29 is 9.53 Å². The van der Waals surface area contributed by atoms with Crippen LogP contribution in [-0.2, 0) is 11.2 Å². The number of hydrogen-bond donors (Lipinski definition) is 1. The van der Waals surface area contributed by atoms with E-state index in [-0.39, 0.29) is 5.91 Å². The molecule has 1 amide bonds. The van der Waals surface area contributed by atoms with E-state index in [4.69, 9.17) is 4.74 Å². The van der Waals surface area contributed by atoms with E-state index in [0.717, 1.165) is 24.2 Å². The fraction of sp³-hybridized carbons (Fsp3) is 0.429. The second-order valence-corrected chi connectivity index (χ2v) is 4.29. The summed E-state index contributed by atoms with van der Waals surface area (Å²) in [5, 5.41) is 2.91. The van der Waals surface area contributed by atoms with Crippen LogP contribution in [0.3, 0.4) is 0 Å². The number of carbonyl (C=O) groups is 1. The molecule has 0 fully saturated rings. The third-order valence-electron chi connectivity index (χ3n) is 2.96. The van der Waals surface area contributed by atoms with Crippen LogP contribution in [0.4, 0.5) is 0 Å². The summed E-state index contributed by atoms with van der Waals surface area (Å²) in [6.07, 6.45) is 3.41. The highest BCUT2D eigenvalue weighted by molar-refractivity contribution is 5.94. The zero-order valence-electron chi connectivity index (χ0n) is 11.3. The van der Waals surface area contributed by atoms with Gasteiger partial charge in [0.1, 0.15) is 11.3 Å². The van der Waals surface area contributed by atoms with Crippen LogP contribution in [0.2, 0.25) is 0 Å². The van der Waals surface area contributed by atoms with Gasteiger partial charge in [-0.05, 0) is 25.0 Å². The van der Waals surface area contributed by atoms with Crippen molar-refractivity contribution in [1.29, 1.82) is 0 Å². The third kappa shape index (κ3) is 2.93. The van der Waals surface area contributed by atoms with Gasteiger partial charge >= 0.3 is 0 Å². The lowest BCUT2D eigenvalue weighted by Gasteiger charge is -2.06. The van der Waals surface area contributed by atoms with E-state index in [1.165, 1.54) is 0 Å². The predicted molar refractivity (Wildman–Crippen MR) is 73.4 cm³/mol. The standard InChI is InChI=1S/C14H19N3O2/c1-3-11-13(14(18)15-8-6-10-19-2)17-9-5-4-7-12(17)16-11/h4-5,7,9H,3,6,8,10H2,1-2H3,(H,15,18). The van der Waals surface area contributed by atoms with Gasteiger partial charge in [-0.25, -0.2) is 4.98 Å². The summed E-state index contributed by atoms with van der Waals surface area (Å²) in [7, 11) is 1.65. The molecule has 0 radical (unpaired) electrons. The number of rotatable bonds is 6. The monoisotopic (exact) mass is 261 g/mol. The van der Waals surface area contributed by atoms with Crippen LogP contribution in [0, 0.1) is 0 Å². The van der Waals surface area contributed by atoms with Gasteiger partial charge in [0, 0.05) is 26.5 Å². The highest BCUT2D eigenvalue weighted by Crippen LogP contribution is 2.13. The van der Waals surface area contributed by atoms with Crippen molar-refractivity contribution in [3.05, 3.63) is 35.8 Å². The molecule has 0 aliphatic carbocycles. The van der Waals surface area contributed by atoms with Crippen LogP contribution in [0.5, 0.6) is 0 Å². The minimum atomic E-state index is -0.0772. The van der Waals surface area contributed by atoms with E-state index >= 15 is 0 Å². The minimum absolute atomic E-state index is 0.0772. The Morgan fingerprint density at radius 3 is 3.05 bits per heavy atom. The van der Waals surface area contributed by atoms with E-state index in [9.17, 15) is 4.79 Å². The molecule has 5 heteroatoms. The highest BCUT2D eigenvalue weighted by atomic mass is 16.5. The zero-order chi connectivity index (χ0) is 13.7. The van der Waals surface area contributed by atoms with Crippen molar-refractivity contribution in [3.8, 4) is 0 Å². The topological polar surface area (TPSA) is 55.6 Å². The highest BCUT2D eigenvalue weighted by Gasteiger charge is 2.17. The molecule has 0 bridgehead atoms. The summed E-state index contributed by atoms with van der Waals surface area (Å²) in [5.41, 5.74) is 2.27. The second-order valence-electron chi connectivity index (χ2n) is 4.29. The number of carbonyl (C=O) groups excluding carboxylic acids is 1. The first kappa shape index (κ1) is 13.5. The van der Waals surface area contributed by atoms with Gasteiger partial charge < -0.3 is 10.1 Å². The normalized spacial score (nSPS) is 10.8. The molecule has 0 aliphatic rings. The molecular formula is C14H19N3O2. The molecule has 0 spiro atoms. The van der Waals surface area contributed by atoms with E-state index in [1.54, 1.807) is 7.11 Å². The number of hydrogen-bond acceptors (Lipinski definition) is 3. The van der Waals surface area contributed by atoms with E-state index in [0.29, 0.717) is 18.8 Å². The number of imidazole rings is 1. The molecule has 102 valence electrons. The van der Waals surface area contributed by atoms with Gasteiger partial charge in [-0.15, -0.1) is 0 Å². The predicted octanol–water partition coefficient (Wildman–Crippen LogP) is 1.66. The molecular weight excluding hydrogens is 242 g/mol. The van der Waals surface area contributed by atoms with Gasteiger partial charge in [-0.3, -0.25) is 9.20 Å². The molecule has 0 aliphatic heterocycles. The maximum Gasteiger partial charge on any atom is 0.270 e. The largest absolute Gasteiger partial charge is 0.385 e. The lowest BCUT2D eigenvalue weighted by atomic mass is 10.2. The van der Waals surface area contributed by atoms with Crippen LogP contribution < -0.4 is 5.32 Å². The molecule has 0 saturated heterocycles. The van der Waals surface area contributed by atoms with E-state index in [1.807, 2.05) is 35.7 Å². The number of amides is 1. The maximum atomic E-state index is 12.2. The number of nitrogens with zero attached hydrogens (tertiary/aromatic N) is 2. The first-order chi connectivity index (χ1) is 9.27. The number of nitrogens with one attached hydrogen (secondary N) is 1. The van der Waals surface area contributed by atoms with Crippen LogP contribution in [0.25, 0.3) is 5.65 Å². The molecule has 2 rings (SSSR count). The van der Waals surface area contributed by atoms with Crippen LogP contribution in [-0.4, -0.2) is 35.6 Å². The Morgan fingerprint density at radius 1 is 1.47 bits per heavy atom. The summed E-state index contributed by atoms with van der Waals surface area (Å²) in [6.45, 7) is 3.26. The fourth-order valence-corrected chi connectivity index (χ4v) is 2.03. The molecule has 0 unspecified atom stereocenters. The summed E-state index contributed by atoms with van der Waals surface area (Å²) in [5.74, 6) is -0.0772. The number of aryl methyl sites for hydroxylation is 1. The molecule has 2 aromatic heterocycles. The van der Waals surface area contributed by atoms with Gasteiger partial charge in [0.2, 0.25) is 0 Å². The number of aromatic nitrogens is 2. The smallest absolute Gasteiger partial charge is 0.270 e. The number of methoxy groups -OCH3 is 1. The Labute approximate surface area is 112 Å². The summed E-state index contributed by atoms with van der Waals surface area (Å²) in [4.78, 5) is 16.7. The summed E-state index contributed by atoms with van der Waals surface area (Å²) in [6, 6.07) is 5.72. The first-order valence-electron chi connectivity index (χ1n) is 6.51. The van der Waals surface area contributed by atoms with Crippen molar-refractivity contribution >= 4 is 11.6 Å². The Hall–Kier alpha value is -1.88. The van der Waals surface area contributed by atoms with E-state index in [2.05, 4.69) is 10.3 Å². The number of ether oxygens (including phenoxy) is 1. The van der Waals surface area contributed by atoms with Crippen molar-refractivity contribution in [2.75, 3.05) is 20.3 Å². The Kier molecular flexibility index (Phi) is 4.52. The van der Waals surface area contributed by atoms with Crippen LogP contribution >= 0.6 is 0 Å². The average Bonchev–Trinajstić information content (AvgIpc) is 2.82. The first-order valence-corrected chi connectivity index (χ1v) is 6.51. The average molecular weight is 261 g/mol. The SMILES string of the molecule is CCc1nc2ccccn2c1C(=O)NCCCOC. The van der Waals surface area contributed by atoms with Gasteiger partial charge in [-0.2, -0.15) is 0 Å². The number of fused-ring (bicyclic) bond motifs is 1. The second kappa shape index (κ2) is 6.33. The summed E-state index contributed by atoms with van der Waals surface area (Å²) < 4.78 is 6.80. The molecule has 2 heterocycles. The van der Waals surface area contributed by atoms with Gasteiger partial charge in [-0.1, -0.05) is 13.0 Å². The lowest BCUT2D eigenvalue weighted by molar-refractivity contribution is 0.0941. The Morgan fingerprint density at radius 2 is 2.32 bits per heavy atom. The lowest BCUT2D eigenvalue weighted by Crippen LogP contribution is -2.27. The van der Waals surface area contributed by atoms with Gasteiger partial charge in [0.05, 0.1) is 5.69 Å². The van der Waals surface area contributed by atoms with Crippen molar-refractivity contribution in [2.24, 2.45) is 0 Å². The van der Waals surface area contributed by atoms with Gasteiger partial charge in [0.15, 0.2) is 0 Å². The van der Waals surface area contributed by atoms with Crippen LogP contribution in [0.1, 0.15) is 29.5 Å². The van der Waals surface area contributed by atoms with Crippen LogP contribution in [0.15, 0.2) is 24.4 Å².